The summed E-state index contributed by atoms with van der Waals surface area (Å²) in [5.41, 5.74) is -0.670. The molecular formula is C13H13F2N3O. The third-order valence-corrected chi connectivity index (χ3v) is 2.98. The van der Waals surface area contributed by atoms with Crippen LogP contribution in [-0.2, 0) is 4.74 Å². The molecule has 1 fully saturated rings. The molecule has 1 aliphatic heterocycles. The topological polar surface area (TPSA) is 68.9 Å². The number of benzene rings is 1. The minimum absolute atomic E-state index is 0.135. The largest absolute Gasteiger partial charge is 0.359 e. The standard InChI is InChI=1S/C13H13F2N3O/c14-12-8(7-16)4-5-9(11(12)13(15)17)18-10-3-1-2-6-19-10/h4-5,10,17-18H,1-3,6H2. The molecule has 0 aliphatic carbocycles. The summed E-state index contributed by atoms with van der Waals surface area (Å²) in [4.78, 5) is 0. The molecule has 6 heteroatoms. The lowest BCUT2D eigenvalue weighted by molar-refractivity contribution is 0.0343. The van der Waals surface area contributed by atoms with Crippen molar-refractivity contribution in [1.29, 1.82) is 10.7 Å². The molecule has 1 unspecified atom stereocenters. The van der Waals surface area contributed by atoms with Crippen LogP contribution in [0.1, 0.15) is 30.4 Å². The molecule has 1 atom stereocenters. The molecule has 2 N–H and O–H groups in total. The smallest absolute Gasteiger partial charge is 0.217 e. The SMILES string of the molecule is N#Cc1ccc(NC2CCCCO2)c(C(=N)F)c1F. The highest BCUT2D eigenvalue weighted by Crippen LogP contribution is 2.25. The van der Waals surface area contributed by atoms with Crippen LogP contribution in [0.2, 0.25) is 0 Å². The van der Waals surface area contributed by atoms with Crippen molar-refractivity contribution in [2.24, 2.45) is 0 Å². The Morgan fingerprint density at radius 2 is 2.26 bits per heavy atom. The van der Waals surface area contributed by atoms with Gasteiger partial charge in [0.25, 0.3) is 0 Å². The normalized spacial score (nSPS) is 18.7. The van der Waals surface area contributed by atoms with E-state index in [-0.39, 0.29) is 17.5 Å². The summed E-state index contributed by atoms with van der Waals surface area (Å²) in [6, 6.07) is 4.27. The minimum atomic E-state index is -1.41. The Labute approximate surface area is 109 Å². The fourth-order valence-electron chi connectivity index (χ4n) is 2.03. The van der Waals surface area contributed by atoms with E-state index in [0.717, 1.165) is 19.3 Å². The van der Waals surface area contributed by atoms with Gasteiger partial charge in [0.1, 0.15) is 12.3 Å². The second-order valence-corrected chi connectivity index (χ2v) is 4.28. The van der Waals surface area contributed by atoms with Gasteiger partial charge in [0.15, 0.2) is 5.82 Å². The number of ether oxygens (including phenoxy) is 1. The zero-order valence-electron chi connectivity index (χ0n) is 10.2. The predicted molar refractivity (Wildman–Crippen MR) is 66.3 cm³/mol. The predicted octanol–water partition coefficient (Wildman–Crippen LogP) is 2.93. The second-order valence-electron chi connectivity index (χ2n) is 4.28. The maximum absolute atomic E-state index is 13.9. The third-order valence-electron chi connectivity index (χ3n) is 2.98. The lowest BCUT2D eigenvalue weighted by Gasteiger charge is -2.25. The van der Waals surface area contributed by atoms with Gasteiger partial charge >= 0.3 is 0 Å². The second kappa shape index (κ2) is 5.76. The Morgan fingerprint density at radius 1 is 1.47 bits per heavy atom. The van der Waals surface area contributed by atoms with Crippen molar-refractivity contribution in [2.45, 2.75) is 25.5 Å². The summed E-state index contributed by atoms with van der Waals surface area (Å²) < 4.78 is 32.5. The van der Waals surface area contributed by atoms with Crippen molar-refractivity contribution in [2.75, 3.05) is 11.9 Å². The molecule has 1 aliphatic rings. The van der Waals surface area contributed by atoms with E-state index in [0.29, 0.717) is 6.61 Å². The van der Waals surface area contributed by atoms with Crippen molar-refractivity contribution in [3.05, 3.63) is 29.1 Å². The molecule has 1 heterocycles. The molecule has 100 valence electrons. The molecule has 0 amide bonds. The molecule has 0 radical (unpaired) electrons. The summed E-state index contributed by atoms with van der Waals surface area (Å²) in [5.74, 6) is -2.43. The molecule has 2 rings (SSSR count). The average molecular weight is 265 g/mol. The molecule has 0 saturated carbocycles. The number of nitriles is 1. The van der Waals surface area contributed by atoms with Gasteiger partial charge in [0.2, 0.25) is 5.97 Å². The molecule has 0 spiro atoms. The first-order valence-corrected chi connectivity index (χ1v) is 5.98. The highest BCUT2D eigenvalue weighted by Gasteiger charge is 2.21. The number of hydrogen-bond acceptors (Lipinski definition) is 4. The zero-order chi connectivity index (χ0) is 13.8. The van der Waals surface area contributed by atoms with Crippen LogP contribution in [0.4, 0.5) is 14.5 Å². The Hall–Kier alpha value is -2.00. The van der Waals surface area contributed by atoms with E-state index in [1.54, 1.807) is 6.07 Å². The number of hydrogen-bond donors (Lipinski definition) is 2. The van der Waals surface area contributed by atoms with E-state index in [9.17, 15) is 8.78 Å². The van der Waals surface area contributed by atoms with E-state index in [4.69, 9.17) is 15.4 Å². The van der Waals surface area contributed by atoms with E-state index < -0.39 is 17.3 Å². The molecule has 0 bridgehead atoms. The molecule has 1 aromatic carbocycles. The van der Waals surface area contributed by atoms with Gasteiger partial charge < -0.3 is 10.1 Å². The maximum Gasteiger partial charge on any atom is 0.217 e. The Balaban J connectivity index is 2.31. The van der Waals surface area contributed by atoms with Gasteiger partial charge in [-0.25, -0.2) is 4.39 Å². The van der Waals surface area contributed by atoms with Crippen molar-refractivity contribution in [3.8, 4) is 6.07 Å². The van der Waals surface area contributed by atoms with Gasteiger partial charge in [0.05, 0.1) is 16.8 Å². The Kier molecular flexibility index (Phi) is 4.07. The molecular weight excluding hydrogens is 252 g/mol. The number of rotatable bonds is 3. The van der Waals surface area contributed by atoms with Crippen LogP contribution in [0.25, 0.3) is 0 Å². The summed E-state index contributed by atoms with van der Waals surface area (Å²) in [6.45, 7) is 0.596. The number of anilines is 1. The van der Waals surface area contributed by atoms with Crippen molar-refractivity contribution in [3.63, 3.8) is 0 Å². The van der Waals surface area contributed by atoms with E-state index in [1.807, 2.05) is 0 Å². The van der Waals surface area contributed by atoms with Crippen LogP contribution in [0.15, 0.2) is 12.1 Å². The lowest BCUT2D eigenvalue weighted by atomic mass is 10.1. The van der Waals surface area contributed by atoms with Crippen LogP contribution in [-0.4, -0.2) is 18.8 Å². The van der Waals surface area contributed by atoms with E-state index in [2.05, 4.69) is 5.32 Å². The summed E-state index contributed by atoms with van der Waals surface area (Å²) in [7, 11) is 0. The molecule has 0 aromatic heterocycles. The van der Waals surface area contributed by atoms with Crippen LogP contribution in [0.5, 0.6) is 0 Å². The van der Waals surface area contributed by atoms with Gasteiger partial charge in [-0.1, -0.05) is 0 Å². The highest BCUT2D eigenvalue weighted by molar-refractivity contribution is 5.97. The summed E-state index contributed by atoms with van der Waals surface area (Å²) >= 11 is 0. The van der Waals surface area contributed by atoms with Crippen LogP contribution in [0.3, 0.4) is 0 Å². The van der Waals surface area contributed by atoms with Crippen LogP contribution in [0, 0.1) is 22.6 Å². The van der Waals surface area contributed by atoms with Gasteiger partial charge in [-0.3, -0.25) is 5.41 Å². The number of halogens is 2. The Bertz CT molecular complexity index is 533. The lowest BCUT2D eigenvalue weighted by Crippen LogP contribution is -2.28. The first-order chi connectivity index (χ1) is 9.13. The van der Waals surface area contributed by atoms with Crippen molar-refractivity contribution >= 4 is 11.7 Å². The summed E-state index contributed by atoms with van der Waals surface area (Å²) in [6.07, 6.45) is 2.35. The van der Waals surface area contributed by atoms with Crippen molar-refractivity contribution < 1.29 is 13.5 Å². The zero-order valence-corrected chi connectivity index (χ0v) is 10.2. The first kappa shape index (κ1) is 13.4. The number of nitrogens with zero attached hydrogens (tertiary/aromatic N) is 1. The minimum Gasteiger partial charge on any atom is -0.359 e. The Morgan fingerprint density at radius 3 is 2.84 bits per heavy atom. The van der Waals surface area contributed by atoms with Gasteiger partial charge in [-0.2, -0.15) is 9.65 Å². The van der Waals surface area contributed by atoms with Crippen LogP contribution >= 0.6 is 0 Å². The van der Waals surface area contributed by atoms with E-state index >= 15 is 0 Å². The maximum atomic E-state index is 13.9. The molecule has 1 saturated heterocycles. The van der Waals surface area contributed by atoms with Gasteiger partial charge in [-0.05, 0) is 31.4 Å². The van der Waals surface area contributed by atoms with Crippen LogP contribution < -0.4 is 5.32 Å². The third kappa shape index (κ3) is 2.88. The monoisotopic (exact) mass is 265 g/mol. The average Bonchev–Trinajstić information content (AvgIpc) is 2.40. The fourth-order valence-corrected chi connectivity index (χ4v) is 2.03. The molecule has 4 nitrogen and oxygen atoms in total. The fraction of sp³-hybridized carbons (Fsp3) is 0.385. The van der Waals surface area contributed by atoms with E-state index in [1.165, 1.54) is 12.1 Å². The molecule has 1 aromatic rings. The van der Waals surface area contributed by atoms with Crippen molar-refractivity contribution in [1.82, 2.24) is 0 Å². The number of nitrogens with one attached hydrogen (secondary N) is 2. The van der Waals surface area contributed by atoms with Gasteiger partial charge in [0, 0.05) is 6.61 Å². The first-order valence-electron chi connectivity index (χ1n) is 5.98. The summed E-state index contributed by atoms with van der Waals surface area (Å²) in [5, 5.41) is 18.6. The highest BCUT2D eigenvalue weighted by atomic mass is 19.1. The van der Waals surface area contributed by atoms with Gasteiger partial charge in [-0.15, -0.1) is 0 Å². The quantitative estimate of drug-likeness (QED) is 0.825. The molecule has 19 heavy (non-hydrogen) atoms.